The number of aromatic amines is 2. The van der Waals surface area contributed by atoms with Crippen molar-refractivity contribution in [1.29, 1.82) is 0 Å². The van der Waals surface area contributed by atoms with Crippen LogP contribution in [0.2, 0.25) is 0 Å². The van der Waals surface area contributed by atoms with Gasteiger partial charge in [-0.3, -0.25) is 5.10 Å². The van der Waals surface area contributed by atoms with Gasteiger partial charge in [0.15, 0.2) is 5.75 Å². The zero-order valence-electron chi connectivity index (χ0n) is 13.6. The van der Waals surface area contributed by atoms with Crippen molar-refractivity contribution in [3.8, 4) is 17.1 Å². The Morgan fingerprint density at radius 3 is 2.62 bits per heavy atom. The van der Waals surface area contributed by atoms with E-state index < -0.39 is 16.6 Å². The highest BCUT2D eigenvalue weighted by molar-refractivity contribution is 8.53. The summed E-state index contributed by atoms with van der Waals surface area (Å²) in [7, 11) is -4.14. The molecule has 0 bridgehead atoms. The molecule has 10 heteroatoms. The third-order valence-electron chi connectivity index (χ3n) is 4.07. The molecule has 2 aromatic carbocycles. The molecular formula is C16H16N3O5PS. The standard InChI is InChI=1S/C16H16N3O5PS/c1-26(23,25(20,21)22)24-11-6-7-14-12(9-11)16(19-18-14)15-8-10-4-2-3-5-13(10)17-15/h2-9,17,26H,1H3,(H,18,19)(H2,20,21,22). The molecule has 0 radical (unpaired) electrons. The van der Waals surface area contributed by atoms with Gasteiger partial charge in [0.2, 0.25) is 0 Å². The van der Waals surface area contributed by atoms with Gasteiger partial charge in [-0.15, -0.1) is 0 Å². The molecule has 0 spiro atoms. The van der Waals surface area contributed by atoms with Crippen molar-refractivity contribution in [2.75, 3.05) is 6.26 Å². The second-order valence-electron chi connectivity index (χ2n) is 5.96. The van der Waals surface area contributed by atoms with Gasteiger partial charge in [0, 0.05) is 22.5 Å². The van der Waals surface area contributed by atoms with Gasteiger partial charge in [-0.05, 0) is 30.3 Å². The van der Waals surface area contributed by atoms with Crippen LogP contribution < -0.4 is 4.18 Å². The van der Waals surface area contributed by atoms with E-state index in [1.165, 1.54) is 6.07 Å². The third-order valence-corrected chi connectivity index (χ3v) is 8.65. The number of nitrogens with zero attached hydrogens (tertiary/aromatic N) is 1. The first-order valence-electron chi connectivity index (χ1n) is 7.64. The Hall–Kier alpha value is -2.45. The van der Waals surface area contributed by atoms with Crippen LogP contribution in [-0.2, 0) is 14.4 Å². The summed E-state index contributed by atoms with van der Waals surface area (Å²) in [6.07, 6.45) is 0.923. The summed E-state index contributed by atoms with van der Waals surface area (Å²) in [5.74, 6) is 0.102. The zero-order chi connectivity index (χ0) is 18.5. The fourth-order valence-corrected chi connectivity index (χ4v) is 3.92. The lowest BCUT2D eigenvalue weighted by atomic mass is 10.1. The van der Waals surface area contributed by atoms with E-state index in [2.05, 4.69) is 15.2 Å². The lowest BCUT2D eigenvalue weighted by Gasteiger charge is -2.25. The van der Waals surface area contributed by atoms with Gasteiger partial charge < -0.3 is 19.0 Å². The van der Waals surface area contributed by atoms with Gasteiger partial charge in [0.25, 0.3) is 0 Å². The number of para-hydroxylation sites is 1. The van der Waals surface area contributed by atoms with Gasteiger partial charge in [0.05, 0.1) is 11.2 Å². The number of benzene rings is 2. The molecule has 0 atom stereocenters. The Kier molecular flexibility index (Phi) is 3.78. The summed E-state index contributed by atoms with van der Waals surface area (Å²) in [4.78, 5) is 21.7. The van der Waals surface area contributed by atoms with Crippen LogP contribution >= 0.6 is 6.80 Å². The molecule has 4 N–H and O–H groups in total. The highest BCUT2D eigenvalue weighted by Gasteiger charge is 2.28. The number of rotatable bonds is 4. The lowest BCUT2D eigenvalue weighted by molar-refractivity contribution is 0.386. The molecular weight excluding hydrogens is 377 g/mol. The predicted molar refractivity (Wildman–Crippen MR) is 102 cm³/mol. The number of nitrogens with one attached hydrogen (secondary N) is 2. The minimum atomic E-state index is -4.87. The van der Waals surface area contributed by atoms with Crippen molar-refractivity contribution < 1.29 is 22.7 Å². The molecule has 0 saturated heterocycles. The van der Waals surface area contributed by atoms with E-state index in [1.807, 2.05) is 30.3 Å². The van der Waals surface area contributed by atoms with E-state index in [4.69, 9.17) is 4.18 Å². The maximum absolute atomic E-state index is 12.1. The van der Waals surface area contributed by atoms with Gasteiger partial charge in [-0.1, -0.05) is 28.0 Å². The molecule has 8 nitrogen and oxygen atoms in total. The summed E-state index contributed by atoms with van der Waals surface area (Å²) in [6, 6.07) is 14.5. The first kappa shape index (κ1) is 17.0. The summed E-state index contributed by atoms with van der Waals surface area (Å²) in [5.41, 5.74) is 3.09. The fraction of sp³-hybridized carbons (Fsp3) is 0.0625. The Bertz CT molecular complexity index is 1190. The van der Waals surface area contributed by atoms with Gasteiger partial charge >= 0.3 is 6.80 Å². The van der Waals surface area contributed by atoms with Crippen molar-refractivity contribution in [2.45, 2.75) is 0 Å². The number of thiol groups is 1. The van der Waals surface area contributed by atoms with Crippen LogP contribution in [-0.4, -0.2) is 35.4 Å². The van der Waals surface area contributed by atoms with Crippen molar-refractivity contribution in [3.05, 3.63) is 48.5 Å². The normalized spacial score (nSPS) is 13.3. The maximum atomic E-state index is 12.1. The average molecular weight is 393 g/mol. The Morgan fingerprint density at radius 1 is 1.12 bits per heavy atom. The minimum Gasteiger partial charge on any atom is -0.390 e. The molecule has 0 unspecified atom stereocenters. The van der Waals surface area contributed by atoms with Crippen LogP contribution in [0.4, 0.5) is 0 Å². The van der Waals surface area contributed by atoms with Crippen molar-refractivity contribution >= 4 is 38.4 Å². The summed E-state index contributed by atoms with van der Waals surface area (Å²) >= 11 is 0. The van der Waals surface area contributed by atoms with Crippen LogP contribution in [0.5, 0.6) is 5.75 Å². The quantitative estimate of drug-likeness (QED) is 0.268. The number of hydrogen-bond acceptors (Lipinski definition) is 4. The van der Waals surface area contributed by atoms with E-state index >= 15 is 0 Å². The topological polar surface area (TPSA) is 128 Å². The number of aromatic nitrogens is 3. The highest BCUT2D eigenvalue weighted by Crippen LogP contribution is 2.48. The minimum absolute atomic E-state index is 0.102. The van der Waals surface area contributed by atoms with Gasteiger partial charge in [-0.2, -0.15) is 9.31 Å². The van der Waals surface area contributed by atoms with Crippen molar-refractivity contribution in [2.24, 2.45) is 0 Å². The molecule has 4 aromatic rings. The largest absolute Gasteiger partial charge is 0.442 e. The zero-order valence-corrected chi connectivity index (χ0v) is 15.4. The monoisotopic (exact) mass is 393 g/mol. The third kappa shape index (κ3) is 2.85. The molecule has 0 amide bonds. The summed E-state index contributed by atoms with van der Waals surface area (Å²) in [6.45, 7) is -4.87. The lowest BCUT2D eigenvalue weighted by Crippen LogP contribution is -2.17. The molecule has 136 valence electrons. The Morgan fingerprint density at radius 2 is 1.88 bits per heavy atom. The number of H-pyrrole nitrogens is 2. The SMILES string of the molecule is C[SH](=O)(Oc1ccc2[nH]nc(-c3cc4ccccc4[nH]3)c2c1)P(=O)(O)O. The van der Waals surface area contributed by atoms with Crippen LogP contribution in [0, 0.1) is 0 Å². The Labute approximate surface area is 148 Å². The van der Waals surface area contributed by atoms with E-state index in [9.17, 15) is 18.6 Å². The van der Waals surface area contributed by atoms with E-state index in [1.54, 1.807) is 12.1 Å². The summed E-state index contributed by atoms with van der Waals surface area (Å²) < 4.78 is 28.6. The van der Waals surface area contributed by atoms with Crippen LogP contribution in [0.25, 0.3) is 33.2 Å². The van der Waals surface area contributed by atoms with Crippen molar-refractivity contribution in [3.63, 3.8) is 0 Å². The molecule has 0 fully saturated rings. The Balaban J connectivity index is 1.80. The van der Waals surface area contributed by atoms with Crippen LogP contribution in [0.3, 0.4) is 0 Å². The average Bonchev–Trinajstić information content (AvgIpc) is 3.16. The van der Waals surface area contributed by atoms with E-state index in [0.29, 0.717) is 16.6 Å². The molecule has 0 saturated carbocycles. The molecule has 0 aliphatic heterocycles. The van der Waals surface area contributed by atoms with E-state index in [0.717, 1.165) is 22.9 Å². The van der Waals surface area contributed by atoms with Crippen LogP contribution in [0.1, 0.15) is 0 Å². The molecule has 4 rings (SSSR count). The molecule has 2 aromatic heterocycles. The highest BCUT2D eigenvalue weighted by atomic mass is 32.8. The molecule has 0 aliphatic carbocycles. The second-order valence-corrected chi connectivity index (χ2v) is 12.5. The van der Waals surface area contributed by atoms with Crippen LogP contribution in [0.15, 0.2) is 48.5 Å². The predicted octanol–water partition coefficient (Wildman–Crippen LogP) is 2.74. The first-order chi connectivity index (χ1) is 12.2. The second kappa shape index (κ2) is 5.78. The van der Waals surface area contributed by atoms with Gasteiger partial charge in [-0.25, -0.2) is 4.57 Å². The number of hydrogen-bond donors (Lipinski definition) is 5. The maximum Gasteiger partial charge on any atom is 0.442 e. The van der Waals surface area contributed by atoms with Gasteiger partial charge in [0.1, 0.15) is 5.69 Å². The molecule has 26 heavy (non-hydrogen) atoms. The van der Waals surface area contributed by atoms with E-state index in [-0.39, 0.29) is 5.75 Å². The number of fused-ring (bicyclic) bond motifs is 2. The molecule has 2 heterocycles. The first-order valence-corrected chi connectivity index (χ1v) is 12.0. The summed E-state index contributed by atoms with van der Waals surface area (Å²) in [5, 5.41) is 8.93. The fourth-order valence-electron chi connectivity index (χ4n) is 2.70. The smallest absolute Gasteiger partial charge is 0.390 e. The van der Waals surface area contributed by atoms with Crippen molar-refractivity contribution in [1.82, 2.24) is 15.2 Å². The molecule has 0 aliphatic rings.